The van der Waals surface area contributed by atoms with Crippen molar-refractivity contribution in [3.8, 4) is 11.6 Å². The number of aryl methyl sites for hydroxylation is 1. The fraction of sp³-hybridized carbons (Fsp3) is 0.286. The lowest BCUT2D eigenvalue weighted by atomic mass is 10.1. The van der Waals surface area contributed by atoms with Crippen molar-refractivity contribution in [2.75, 3.05) is 0 Å². The predicted molar refractivity (Wildman–Crippen MR) is 77.3 cm³/mol. The van der Waals surface area contributed by atoms with Crippen molar-refractivity contribution in [2.24, 2.45) is 0 Å². The van der Waals surface area contributed by atoms with Crippen molar-refractivity contribution in [3.63, 3.8) is 0 Å². The molecule has 0 aliphatic rings. The van der Waals surface area contributed by atoms with Crippen LogP contribution in [0.2, 0.25) is 10.2 Å². The van der Waals surface area contributed by atoms with Crippen molar-refractivity contribution in [1.29, 1.82) is 0 Å². The minimum atomic E-state index is 0.428. The molecule has 0 aliphatic carbocycles. The van der Waals surface area contributed by atoms with Crippen LogP contribution in [0.15, 0.2) is 24.5 Å². The fourth-order valence-electron chi connectivity index (χ4n) is 1.76. The summed E-state index contributed by atoms with van der Waals surface area (Å²) in [4.78, 5) is 8.09. The molecule has 0 amide bonds. The van der Waals surface area contributed by atoms with Gasteiger partial charge in [0, 0.05) is 5.02 Å². The van der Waals surface area contributed by atoms with Crippen LogP contribution in [0.25, 0.3) is 0 Å². The molecule has 0 atom stereocenters. The van der Waals surface area contributed by atoms with Crippen LogP contribution in [-0.2, 0) is 12.8 Å². The lowest BCUT2D eigenvalue weighted by Crippen LogP contribution is -1.97. The van der Waals surface area contributed by atoms with E-state index in [-0.39, 0.29) is 0 Å². The Bertz CT molecular complexity index is 588. The van der Waals surface area contributed by atoms with E-state index in [1.54, 1.807) is 0 Å². The molecule has 0 aliphatic heterocycles. The van der Waals surface area contributed by atoms with E-state index >= 15 is 0 Å². The van der Waals surface area contributed by atoms with Gasteiger partial charge in [-0.25, -0.2) is 9.97 Å². The third-order valence-electron chi connectivity index (χ3n) is 2.82. The molecule has 0 spiro atoms. The summed E-state index contributed by atoms with van der Waals surface area (Å²) in [5, 5.41) is 1.17. The normalized spacial score (nSPS) is 10.5. The van der Waals surface area contributed by atoms with Crippen LogP contribution in [-0.4, -0.2) is 9.97 Å². The molecule has 0 N–H and O–H groups in total. The SMILES string of the molecule is CCc1cc(Oc2ncnc(Cl)c2CC)ccc1Cl. The van der Waals surface area contributed by atoms with Gasteiger partial charge in [-0.05, 0) is 36.6 Å². The molecule has 2 aromatic rings. The zero-order valence-corrected chi connectivity index (χ0v) is 12.3. The maximum absolute atomic E-state index is 6.08. The van der Waals surface area contributed by atoms with E-state index in [2.05, 4.69) is 9.97 Å². The lowest BCUT2D eigenvalue weighted by Gasteiger charge is -2.10. The third-order valence-corrected chi connectivity index (χ3v) is 3.51. The van der Waals surface area contributed by atoms with Gasteiger partial charge in [0.25, 0.3) is 0 Å². The molecule has 0 radical (unpaired) electrons. The predicted octanol–water partition coefficient (Wildman–Crippen LogP) is 4.70. The highest BCUT2D eigenvalue weighted by Crippen LogP contribution is 2.29. The minimum Gasteiger partial charge on any atom is -0.439 e. The van der Waals surface area contributed by atoms with E-state index in [0.717, 1.165) is 22.6 Å². The molecule has 1 aromatic heterocycles. The van der Waals surface area contributed by atoms with Crippen molar-refractivity contribution in [2.45, 2.75) is 26.7 Å². The summed E-state index contributed by atoms with van der Waals surface area (Å²) in [5.74, 6) is 1.19. The molecule has 0 saturated carbocycles. The lowest BCUT2D eigenvalue weighted by molar-refractivity contribution is 0.454. The van der Waals surface area contributed by atoms with Gasteiger partial charge >= 0.3 is 0 Å². The molecule has 0 fully saturated rings. The van der Waals surface area contributed by atoms with Gasteiger partial charge in [0.15, 0.2) is 0 Å². The van der Waals surface area contributed by atoms with Crippen molar-refractivity contribution < 1.29 is 4.74 Å². The number of ether oxygens (including phenoxy) is 1. The van der Waals surface area contributed by atoms with E-state index < -0.39 is 0 Å². The first-order valence-corrected chi connectivity index (χ1v) is 6.87. The second-order valence-electron chi connectivity index (χ2n) is 4.01. The summed E-state index contributed by atoms with van der Waals surface area (Å²) in [6.45, 7) is 4.03. The highest BCUT2D eigenvalue weighted by Gasteiger charge is 2.11. The van der Waals surface area contributed by atoms with Crippen molar-refractivity contribution in [3.05, 3.63) is 45.8 Å². The molecule has 0 saturated heterocycles. The van der Waals surface area contributed by atoms with Crippen molar-refractivity contribution in [1.82, 2.24) is 9.97 Å². The monoisotopic (exact) mass is 296 g/mol. The standard InChI is InChI=1S/C14H14Cl2N2O/c1-3-9-7-10(5-6-12(9)15)19-14-11(4-2)13(16)17-8-18-14/h5-8H,3-4H2,1-2H3. The van der Waals surface area contributed by atoms with Gasteiger partial charge in [0.2, 0.25) is 5.88 Å². The van der Waals surface area contributed by atoms with Crippen molar-refractivity contribution >= 4 is 23.2 Å². The molecule has 2 rings (SSSR count). The van der Waals surface area contributed by atoms with Crippen LogP contribution in [0.5, 0.6) is 11.6 Å². The Kier molecular flexibility index (Phi) is 4.61. The maximum atomic E-state index is 6.08. The first kappa shape index (κ1) is 14.1. The van der Waals surface area contributed by atoms with Gasteiger partial charge in [0.05, 0.1) is 5.56 Å². The number of nitrogens with zero attached hydrogens (tertiary/aromatic N) is 2. The average Bonchev–Trinajstić information content (AvgIpc) is 2.41. The summed E-state index contributed by atoms with van der Waals surface area (Å²) >= 11 is 12.1. The molecule has 1 heterocycles. The summed E-state index contributed by atoms with van der Waals surface area (Å²) in [6, 6.07) is 5.55. The van der Waals surface area contributed by atoms with E-state index in [0.29, 0.717) is 23.2 Å². The zero-order valence-electron chi connectivity index (χ0n) is 10.8. The van der Waals surface area contributed by atoms with E-state index in [1.807, 2.05) is 32.0 Å². The molecular formula is C14H14Cl2N2O. The smallest absolute Gasteiger partial charge is 0.226 e. The summed E-state index contributed by atoms with van der Waals surface area (Å²) < 4.78 is 5.78. The van der Waals surface area contributed by atoms with Crippen LogP contribution in [0.4, 0.5) is 0 Å². The third kappa shape index (κ3) is 3.17. The molecule has 0 bridgehead atoms. The fourth-order valence-corrected chi connectivity index (χ4v) is 2.27. The van der Waals surface area contributed by atoms with Gasteiger partial charge in [0.1, 0.15) is 17.2 Å². The van der Waals surface area contributed by atoms with Crippen LogP contribution < -0.4 is 4.74 Å². The van der Waals surface area contributed by atoms with Crippen LogP contribution in [0.3, 0.4) is 0 Å². The summed E-state index contributed by atoms with van der Waals surface area (Å²) in [5.41, 5.74) is 1.84. The Hall–Kier alpha value is -1.32. The van der Waals surface area contributed by atoms with Crippen LogP contribution in [0.1, 0.15) is 25.0 Å². The summed E-state index contributed by atoms with van der Waals surface area (Å²) in [7, 11) is 0. The number of halogens is 2. The maximum Gasteiger partial charge on any atom is 0.226 e. The van der Waals surface area contributed by atoms with E-state index in [9.17, 15) is 0 Å². The van der Waals surface area contributed by atoms with E-state index in [1.165, 1.54) is 6.33 Å². The number of hydrogen-bond acceptors (Lipinski definition) is 3. The first-order valence-electron chi connectivity index (χ1n) is 6.11. The molecule has 3 nitrogen and oxygen atoms in total. The summed E-state index contributed by atoms with van der Waals surface area (Å²) in [6.07, 6.45) is 2.96. The largest absolute Gasteiger partial charge is 0.439 e. The Balaban J connectivity index is 2.33. The highest BCUT2D eigenvalue weighted by molar-refractivity contribution is 6.31. The Morgan fingerprint density at radius 1 is 1.11 bits per heavy atom. The van der Waals surface area contributed by atoms with E-state index in [4.69, 9.17) is 27.9 Å². The molecule has 100 valence electrons. The molecule has 5 heteroatoms. The number of aromatic nitrogens is 2. The molecule has 19 heavy (non-hydrogen) atoms. The Morgan fingerprint density at radius 2 is 1.89 bits per heavy atom. The Morgan fingerprint density at radius 3 is 2.58 bits per heavy atom. The van der Waals surface area contributed by atoms with Crippen LogP contribution in [0, 0.1) is 0 Å². The average molecular weight is 297 g/mol. The Labute approximate surface area is 122 Å². The zero-order chi connectivity index (χ0) is 13.8. The first-order chi connectivity index (χ1) is 9.15. The van der Waals surface area contributed by atoms with Gasteiger partial charge in [-0.3, -0.25) is 0 Å². The second-order valence-corrected chi connectivity index (χ2v) is 4.78. The number of hydrogen-bond donors (Lipinski definition) is 0. The van der Waals surface area contributed by atoms with Gasteiger partial charge in [-0.1, -0.05) is 37.0 Å². The van der Waals surface area contributed by atoms with Gasteiger partial charge in [-0.15, -0.1) is 0 Å². The van der Waals surface area contributed by atoms with Crippen LogP contribution >= 0.6 is 23.2 Å². The molecular weight excluding hydrogens is 283 g/mol. The molecule has 1 aromatic carbocycles. The number of rotatable bonds is 4. The quantitative estimate of drug-likeness (QED) is 0.767. The van der Waals surface area contributed by atoms with Gasteiger partial charge < -0.3 is 4.74 Å². The second kappa shape index (κ2) is 6.22. The van der Waals surface area contributed by atoms with Gasteiger partial charge in [-0.2, -0.15) is 0 Å². The number of benzene rings is 1. The highest BCUT2D eigenvalue weighted by atomic mass is 35.5. The molecule has 0 unspecified atom stereocenters. The topological polar surface area (TPSA) is 35.0 Å². The minimum absolute atomic E-state index is 0.428.